The number of halogens is 2. The first-order valence-corrected chi connectivity index (χ1v) is 10.4. The number of hydrogen-bond donors (Lipinski definition) is 0. The smallest absolute Gasteiger partial charge is 0.243 e. The molecule has 0 aliphatic heterocycles. The van der Waals surface area contributed by atoms with Crippen LogP contribution in [0.1, 0.15) is 17.3 Å². The Bertz CT molecular complexity index is 977. The quantitative estimate of drug-likeness (QED) is 0.601. The van der Waals surface area contributed by atoms with Crippen LogP contribution < -0.4 is 4.90 Å². The van der Waals surface area contributed by atoms with Gasteiger partial charge in [0.2, 0.25) is 15.9 Å². The Hall–Kier alpha value is -1.74. The molecule has 2 aromatic carbocycles. The molecule has 9 heteroatoms. The minimum absolute atomic E-state index is 0.00660. The zero-order chi connectivity index (χ0) is 20.4. The van der Waals surface area contributed by atoms with Gasteiger partial charge in [-0.1, -0.05) is 39.7 Å². The van der Waals surface area contributed by atoms with Gasteiger partial charge in [0.1, 0.15) is 0 Å². The molecule has 0 atom stereocenters. The Morgan fingerprint density at radius 2 is 1.67 bits per heavy atom. The lowest BCUT2D eigenvalue weighted by atomic mass is 10.2. The third-order valence-electron chi connectivity index (χ3n) is 3.97. The first-order valence-electron chi connectivity index (χ1n) is 7.83. The van der Waals surface area contributed by atoms with Crippen molar-refractivity contribution in [3.63, 3.8) is 0 Å². The van der Waals surface area contributed by atoms with E-state index in [0.29, 0.717) is 16.3 Å². The Morgan fingerprint density at radius 3 is 2.19 bits per heavy atom. The molecule has 0 unspecified atom stereocenters. The number of Topliss-reactive ketones (excluding diaryl/α,β-unsaturated/α-hetero) is 1. The van der Waals surface area contributed by atoms with Gasteiger partial charge in [-0.25, -0.2) is 8.42 Å². The molecule has 0 fully saturated rings. The highest BCUT2D eigenvalue weighted by Crippen LogP contribution is 2.28. The number of rotatable bonds is 6. The summed E-state index contributed by atoms with van der Waals surface area (Å²) in [5.41, 5.74) is 0.888. The minimum atomic E-state index is -3.88. The van der Waals surface area contributed by atoms with Gasteiger partial charge in [0.05, 0.1) is 22.2 Å². The van der Waals surface area contributed by atoms with Gasteiger partial charge >= 0.3 is 0 Å². The summed E-state index contributed by atoms with van der Waals surface area (Å²) in [4.78, 5) is 25.1. The molecule has 1 amide bonds. The molecule has 6 nitrogen and oxygen atoms in total. The van der Waals surface area contributed by atoms with E-state index in [4.69, 9.17) is 11.6 Å². The summed E-state index contributed by atoms with van der Waals surface area (Å²) in [6.45, 7) is 1.04. The van der Waals surface area contributed by atoms with E-state index >= 15 is 0 Å². The summed E-state index contributed by atoms with van der Waals surface area (Å²) in [5, 5.41) is 0.366. The molecule has 0 spiro atoms. The highest BCUT2D eigenvalue weighted by molar-refractivity contribution is 9.10. The van der Waals surface area contributed by atoms with Gasteiger partial charge in [-0.2, -0.15) is 4.31 Å². The van der Waals surface area contributed by atoms with Crippen molar-refractivity contribution in [2.75, 3.05) is 25.5 Å². The van der Waals surface area contributed by atoms with E-state index in [9.17, 15) is 18.0 Å². The van der Waals surface area contributed by atoms with Crippen molar-refractivity contribution in [2.45, 2.75) is 11.8 Å². The molecule has 144 valence electrons. The monoisotopic (exact) mass is 472 g/mol. The van der Waals surface area contributed by atoms with Crippen molar-refractivity contribution < 1.29 is 18.0 Å². The molecule has 27 heavy (non-hydrogen) atoms. The molecule has 0 aliphatic rings. The van der Waals surface area contributed by atoms with Crippen LogP contribution in [0.5, 0.6) is 0 Å². The lowest BCUT2D eigenvalue weighted by Gasteiger charge is -2.23. The zero-order valence-corrected chi connectivity index (χ0v) is 18.1. The largest absolute Gasteiger partial charge is 0.313 e. The zero-order valence-electron chi connectivity index (χ0n) is 14.9. The molecule has 2 aromatic rings. The van der Waals surface area contributed by atoms with E-state index in [1.54, 1.807) is 18.2 Å². The number of sulfonamides is 1. The summed E-state index contributed by atoms with van der Waals surface area (Å²) in [6, 6.07) is 10.6. The maximum absolute atomic E-state index is 12.7. The molecular formula is C18H18BrClN2O4S. The SMILES string of the molecule is CC(=O)c1ccc(S(=O)(=O)N(C)CC(=O)N(C)c2ccc(Br)cc2Cl)cc1. The number of carbonyl (C=O) groups is 2. The third-order valence-corrected chi connectivity index (χ3v) is 6.59. The van der Waals surface area contributed by atoms with Crippen LogP contribution in [0.3, 0.4) is 0 Å². The van der Waals surface area contributed by atoms with Crippen LogP contribution in [0, 0.1) is 0 Å². The first-order chi connectivity index (χ1) is 12.5. The van der Waals surface area contributed by atoms with E-state index < -0.39 is 15.9 Å². The maximum Gasteiger partial charge on any atom is 0.243 e. The van der Waals surface area contributed by atoms with Crippen LogP contribution >= 0.6 is 27.5 Å². The Morgan fingerprint density at radius 1 is 1.07 bits per heavy atom. The second-order valence-electron chi connectivity index (χ2n) is 5.89. The number of amides is 1. The average molecular weight is 474 g/mol. The van der Waals surface area contributed by atoms with Crippen LogP contribution in [-0.4, -0.2) is 45.1 Å². The maximum atomic E-state index is 12.7. The van der Waals surface area contributed by atoms with Crippen molar-refractivity contribution in [3.05, 3.63) is 57.5 Å². The van der Waals surface area contributed by atoms with Crippen LogP contribution in [-0.2, 0) is 14.8 Å². The molecule has 0 radical (unpaired) electrons. The van der Waals surface area contributed by atoms with Crippen molar-refractivity contribution in [1.29, 1.82) is 0 Å². The number of nitrogens with zero attached hydrogens (tertiary/aromatic N) is 2. The van der Waals surface area contributed by atoms with Crippen LogP contribution in [0.25, 0.3) is 0 Å². The molecule has 0 aromatic heterocycles. The Kier molecular flexibility index (Phi) is 6.80. The average Bonchev–Trinajstić information content (AvgIpc) is 2.61. The summed E-state index contributed by atoms with van der Waals surface area (Å²) in [7, 11) is -1.03. The molecule has 0 N–H and O–H groups in total. The van der Waals surface area contributed by atoms with Gasteiger partial charge in [-0.3, -0.25) is 9.59 Å². The van der Waals surface area contributed by atoms with Gasteiger partial charge in [-0.05, 0) is 37.3 Å². The van der Waals surface area contributed by atoms with E-state index in [2.05, 4.69) is 15.9 Å². The molecule has 0 bridgehead atoms. The normalized spacial score (nSPS) is 11.5. The fraction of sp³-hybridized carbons (Fsp3) is 0.222. The lowest BCUT2D eigenvalue weighted by Crippen LogP contribution is -2.39. The Labute approximate surface area is 171 Å². The second kappa shape index (κ2) is 8.52. The van der Waals surface area contributed by atoms with Gasteiger partial charge in [0.15, 0.2) is 5.78 Å². The summed E-state index contributed by atoms with van der Waals surface area (Å²) in [6.07, 6.45) is 0. The van der Waals surface area contributed by atoms with E-state index in [1.165, 1.54) is 50.2 Å². The molecular weight excluding hydrogens is 456 g/mol. The highest BCUT2D eigenvalue weighted by Gasteiger charge is 2.25. The fourth-order valence-corrected chi connectivity index (χ4v) is 4.23. The van der Waals surface area contributed by atoms with Gasteiger partial charge in [0, 0.05) is 24.1 Å². The molecule has 0 heterocycles. The number of ketones is 1. The summed E-state index contributed by atoms with van der Waals surface area (Å²) >= 11 is 9.44. The third kappa shape index (κ3) is 4.95. The number of hydrogen-bond acceptors (Lipinski definition) is 4. The molecule has 0 saturated carbocycles. The molecule has 2 rings (SSSR count). The lowest BCUT2D eigenvalue weighted by molar-refractivity contribution is -0.118. The van der Waals surface area contributed by atoms with Gasteiger partial charge in [0.25, 0.3) is 0 Å². The second-order valence-corrected chi connectivity index (χ2v) is 9.26. The summed E-state index contributed by atoms with van der Waals surface area (Å²) in [5.74, 6) is -0.596. The number of likely N-dealkylation sites (N-methyl/N-ethyl adjacent to an activating group) is 2. The number of benzene rings is 2. The van der Waals surface area contributed by atoms with E-state index in [0.717, 1.165) is 8.78 Å². The standard InChI is InChI=1S/C18H18BrClN2O4S/c1-12(23)13-4-7-15(8-5-13)27(25,26)21(2)11-18(24)22(3)17-9-6-14(19)10-16(17)20/h4-10H,11H2,1-3H3. The topological polar surface area (TPSA) is 74.8 Å². The Balaban J connectivity index is 2.17. The van der Waals surface area contributed by atoms with Crippen molar-refractivity contribution in [2.24, 2.45) is 0 Å². The van der Waals surface area contributed by atoms with Crippen molar-refractivity contribution in [1.82, 2.24) is 4.31 Å². The van der Waals surface area contributed by atoms with E-state index in [1.807, 2.05) is 0 Å². The molecule has 0 saturated heterocycles. The predicted molar refractivity (Wildman–Crippen MR) is 109 cm³/mol. The minimum Gasteiger partial charge on any atom is -0.313 e. The number of anilines is 1. The molecule has 0 aliphatic carbocycles. The van der Waals surface area contributed by atoms with Crippen LogP contribution in [0.15, 0.2) is 51.8 Å². The summed E-state index contributed by atoms with van der Waals surface area (Å²) < 4.78 is 27.0. The van der Waals surface area contributed by atoms with Gasteiger partial charge < -0.3 is 4.90 Å². The van der Waals surface area contributed by atoms with Crippen LogP contribution in [0.4, 0.5) is 5.69 Å². The van der Waals surface area contributed by atoms with Crippen LogP contribution in [0.2, 0.25) is 5.02 Å². The van der Waals surface area contributed by atoms with E-state index in [-0.39, 0.29) is 17.2 Å². The predicted octanol–water partition coefficient (Wildman–Crippen LogP) is 3.59. The first kappa shape index (κ1) is 21.6. The van der Waals surface area contributed by atoms with Gasteiger partial charge in [-0.15, -0.1) is 0 Å². The fourth-order valence-electron chi connectivity index (χ4n) is 2.31. The van der Waals surface area contributed by atoms with Crippen molar-refractivity contribution in [3.8, 4) is 0 Å². The van der Waals surface area contributed by atoms with Crippen molar-refractivity contribution >= 4 is 54.9 Å². The number of carbonyl (C=O) groups excluding carboxylic acids is 2. The highest BCUT2D eigenvalue weighted by atomic mass is 79.9.